The van der Waals surface area contributed by atoms with Crippen molar-refractivity contribution in [1.29, 1.82) is 0 Å². The Morgan fingerprint density at radius 1 is 0.240 bits per heavy atom. The lowest BCUT2D eigenvalue weighted by Crippen LogP contribution is -2.25. The zero-order valence-corrected chi connectivity index (χ0v) is 40.2. The monoisotopic (exact) mass is 956 g/mol. The van der Waals surface area contributed by atoms with Gasteiger partial charge in [-0.15, -0.1) is 0 Å². The van der Waals surface area contributed by atoms with Gasteiger partial charge in [0.2, 0.25) is 11.9 Å². The number of aromatic nitrogens is 8. The van der Waals surface area contributed by atoms with E-state index in [1.807, 2.05) is 72.8 Å². The molecule has 8 nitrogen and oxygen atoms in total. The summed E-state index contributed by atoms with van der Waals surface area (Å²) in [6.07, 6.45) is 0. The summed E-state index contributed by atoms with van der Waals surface area (Å²) in [7, 11) is 0. The minimum absolute atomic E-state index is 0.548. The first-order valence-electron chi connectivity index (χ1n) is 25.3. The summed E-state index contributed by atoms with van der Waals surface area (Å²) >= 11 is 0. The van der Waals surface area contributed by atoms with Gasteiger partial charge in [-0.2, -0.15) is 19.9 Å². The highest BCUT2D eigenvalue weighted by Gasteiger charge is 2.52. The molecule has 0 N–H and O–H groups in total. The van der Waals surface area contributed by atoms with Crippen molar-refractivity contribution in [2.75, 3.05) is 0 Å². The molecule has 0 amide bonds. The van der Waals surface area contributed by atoms with Gasteiger partial charge in [0.1, 0.15) is 0 Å². The topological polar surface area (TPSA) is 87.2 Å². The molecule has 0 saturated heterocycles. The third kappa shape index (κ3) is 5.99. The summed E-state index contributed by atoms with van der Waals surface area (Å²) in [5.74, 6) is 3.52. The standard InChI is InChI=1S/C67H40N8/c1-5-21-41(22-6-1)61-68-62(42-23-7-2-8-24-42)71-65(70-61)74-57-35-19-15-31-47(57)51-37-55-49(39-59(51)74)50-40-60-52(38-56(50)67(55)53-33-17-13-29-45(53)46-30-14-18-34-54(46)67)48-32-16-20-36-58(48)75(60)66-72-63(43-25-9-3-10-26-43)69-64(73-66)44-27-11-4-12-28-44/h1-40H. The van der Waals surface area contributed by atoms with E-state index >= 15 is 0 Å². The average molecular weight is 957 g/mol. The van der Waals surface area contributed by atoms with Gasteiger partial charge in [-0.25, -0.2) is 9.97 Å². The van der Waals surface area contributed by atoms with Crippen LogP contribution in [0.25, 0.3) is 123 Å². The molecule has 0 atom stereocenters. The van der Waals surface area contributed by atoms with Gasteiger partial charge in [0.05, 0.1) is 27.5 Å². The van der Waals surface area contributed by atoms with E-state index in [4.69, 9.17) is 29.9 Å². The molecule has 2 aliphatic rings. The van der Waals surface area contributed by atoms with Crippen LogP contribution in [0.1, 0.15) is 22.3 Å². The summed E-state index contributed by atoms with van der Waals surface area (Å²) < 4.78 is 4.48. The van der Waals surface area contributed by atoms with E-state index < -0.39 is 5.41 Å². The molecule has 75 heavy (non-hydrogen) atoms. The van der Waals surface area contributed by atoms with Crippen LogP contribution in [0.5, 0.6) is 0 Å². The SMILES string of the molecule is c1ccc(-c2nc(-c3ccccc3)nc(-n3c4ccccc4c4cc5c(cc43)-c3cc4c(cc3C53c5ccccc5-c5ccccc53)c3ccccc3n4-c3nc(-c4ccccc4)nc(-c4ccccc4)n3)n2)cc1. The first-order valence-corrected chi connectivity index (χ1v) is 25.3. The number of fused-ring (bicyclic) bond motifs is 16. The molecule has 16 rings (SSSR count). The Kier molecular flexibility index (Phi) is 8.79. The molecule has 0 saturated carbocycles. The second-order valence-corrected chi connectivity index (χ2v) is 19.4. The molecule has 10 aromatic carbocycles. The van der Waals surface area contributed by atoms with Crippen molar-refractivity contribution in [2.24, 2.45) is 0 Å². The lowest BCUT2D eigenvalue weighted by atomic mass is 9.70. The first kappa shape index (κ1) is 41.4. The van der Waals surface area contributed by atoms with E-state index in [1.165, 1.54) is 33.4 Å². The van der Waals surface area contributed by atoms with Gasteiger partial charge in [-0.3, -0.25) is 9.13 Å². The smallest absolute Gasteiger partial charge is 0.238 e. The summed E-state index contributed by atoms with van der Waals surface area (Å²) in [6.45, 7) is 0. The van der Waals surface area contributed by atoms with Crippen molar-refractivity contribution >= 4 is 43.6 Å². The second kappa shape index (κ2) is 15.9. The Labute approximate surface area is 430 Å². The van der Waals surface area contributed by atoms with E-state index in [-0.39, 0.29) is 0 Å². The van der Waals surface area contributed by atoms with Crippen LogP contribution in [0.15, 0.2) is 243 Å². The number of benzene rings is 10. The normalized spacial score (nSPS) is 12.9. The van der Waals surface area contributed by atoms with Crippen molar-refractivity contribution in [2.45, 2.75) is 5.41 Å². The van der Waals surface area contributed by atoms with Crippen LogP contribution in [0, 0.1) is 0 Å². The van der Waals surface area contributed by atoms with E-state index in [2.05, 4.69) is 179 Å². The molecule has 0 bridgehead atoms. The molecule has 0 radical (unpaired) electrons. The Morgan fingerprint density at radius 3 is 0.933 bits per heavy atom. The molecular formula is C67H40N8. The highest BCUT2D eigenvalue weighted by atomic mass is 15.2. The lowest BCUT2D eigenvalue weighted by molar-refractivity contribution is 0.796. The van der Waals surface area contributed by atoms with Crippen LogP contribution < -0.4 is 0 Å². The first-order chi connectivity index (χ1) is 37.2. The molecule has 348 valence electrons. The van der Waals surface area contributed by atoms with Crippen LogP contribution in [0.4, 0.5) is 0 Å². The Hall–Kier alpha value is -10.2. The third-order valence-electron chi connectivity index (χ3n) is 15.4. The fraction of sp³-hybridized carbons (Fsp3) is 0.0149. The molecule has 4 heterocycles. The predicted molar refractivity (Wildman–Crippen MR) is 300 cm³/mol. The maximum Gasteiger partial charge on any atom is 0.238 e. The van der Waals surface area contributed by atoms with Crippen molar-refractivity contribution in [3.05, 3.63) is 265 Å². The van der Waals surface area contributed by atoms with Crippen molar-refractivity contribution < 1.29 is 0 Å². The quantitative estimate of drug-likeness (QED) is 0.165. The number of para-hydroxylation sites is 2. The number of nitrogens with zero attached hydrogens (tertiary/aromatic N) is 8. The summed E-state index contributed by atoms with van der Waals surface area (Å²) in [5.41, 5.74) is 16.8. The maximum atomic E-state index is 5.33. The second-order valence-electron chi connectivity index (χ2n) is 19.4. The number of rotatable bonds is 6. The average Bonchev–Trinajstić information content (AvgIpc) is 4.36. The Morgan fingerprint density at radius 2 is 0.560 bits per heavy atom. The van der Waals surface area contributed by atoms with Crippen molar-refractivity contribution in [3.63, 3.8) is 0 Å². The van der Waals surface area contributed by atoms with E-state index in [1.54, 1.807) is 0 Å². The highest BCUT2D eigenvalue weighted by Crippen LogP contribution is 2.64. The summed E-state index contributed by atoms with van der Waals surface area (Å²) in [4.78, 5) is 31.5. The predicted octanol–water partition coefficient (Wildman–Crippen LogP) is 15.3. The molecule has 0 unspecified atom stereocenters. The van der Waals surface area contributed by atoms with Crippen LogP contribution in [0.3, 0.4) is 0 Å². The zero-order valence-electron chi connectivity index (χ0n) is 40.2. The molecular weight excluding hydrogens is 917 g/mol. The van der Waals surface area contributed by atoms with Gasteiger partial charge < -0.3 is 0 Å². The van der Waals surface area contributed by atoms with Crippen LogP contribution >= 0.6 is 0 Å². The van der Waals surface area contributed by atoms with Gasteiger partial charge >= 0.3 is 0 Å². The molecule has 4 aromatic heterocycles. The Balaban J connectivity index is 1.03. The van der Waals surface area contributed by atoms with E-state index in [0.717, 1.165) is 77.0 Å². The fourth-order valence-electron chi connectivity index (χ4n) is 12.3. The van der Waals surface area contributed by atoms with E-state index in [0.29, 0.717) is 35.2 Å². The van der Waals surface area contributed by atoms with Gasteiger partial charge in [0, 0.05) is 43.8 Å². The third-order valence-corrected chi connectivity index (χ3v) is 15.4. The number of hydrogen-bond donors (Lipinski definition) is 0. The largest absolute Gasteiger partial charge is 0.278 e. The molecule has 14 aromatic rings. The van der Waals surface area contributed by atoms with E-state index in [9.17, 15) is 0 Å². The van der Waals surface area contributed by atoms with Gasteiger partial charge in [-0.05, 0) is 80.9 Å². The van der Waals surface area contributed by atoms with Gasteiger partial charge in [0.25, 0.3) is 0 Å². The fourth-order valence-corrected chi connectivity index (χ4v) is 12.3. The maximum absolute atomic E-state index is 5.33. The van der Waals surface area contributed by atoms with Crippen molar-refractivity contribution in [1.82, 2.24) is 39.0 Å². The summed E-state index contributed by atoms with van der Waals surface area (Å²) in [6, 6.07) is 85.8. The highest BCUT2D eigenvalue weighted by molar-refractivity contribution is 6.15. The van der Waals surface area contributed by atoms with Crippen LogP contribution in [-0.4, -0.2) is 39.0 Å². The minimum atomic E-state index is -0.644. The molecule has 0 fully saturated rings. The zero-order chi connectivity index (χ0) is 49.2. The molecule has 8 heteroatoms. The van der Waals surface area contributed by atoms with Crippen molar-refractivity contribution in [3.8, 4) is 79.7 Å². The summed E-state index contributed by atoms with van der Waals surface area (Å²) in [5, 5.41) is 4.47. The minimum Gasteiger partial charge on any atom is -0.278 e. The molecule has 1 spiro atoms. The van der Waals surface area contributed by atoms with Gasteiger partial charge in [-0.1, -0.05) is 206 Å². The Bertz CT molecular complexity index is 4230. The lowest BCUT2D eigenvalue weighted by Gasteiger charge is -2.30. The number of hydrogen-bond acceptors (Lipinski definition) is 6. The van der Waals surface area contributed by atoms with Crippen LogP contribution in [-0.2, 0) is 5.41 Å². The van der Waals surface area contributed by atoms with Gasteiger partial charge in [0.15, 0.2) is 23.3 Å². The van der Waals surface area contributed by atoms with Crippen LogP contribution in [0.2, 0.25) is 0 Å². The molecule has 0 aliphatic heterocycles. The molecule has 2 aliphatic carbocycles.